The Balaban J connectivity index is 1.94. The molecule has 0 aliphatic carbocycles. The predicted molar refractivity (Wildman–Crippen MR) is 126 cm³/mol. The van der Waals surface area contributed by atoms with E-state index in [1.807, 2.05) is 0 Å². The second-order valence-electron chi connectivity index (χ2n) is 8.68. The first-order chi connectivity index (χ1) is 18.0. The summed E-state index contributed by atoms with van der Waals surface area (Å²) in [6.45, 7) is 3.77. The van der Waals surface area contributed by atoms with Crippen LogP contribution in [-0.2, 0) is 18.5 Å². The fraction of sp³-hybridized carbons (Fsp3) is 0.214. The van der Waals surface area contributed by atoms with Crippen LogP contribution in [0.3, 0.4) is 0 Å². The van der Waals surface area contributed by atoms with Gasteiger partial charge in [0.25, 0.3) is 0 Å². The Kier molecular flexibility index (Phi) is 8.66. The molecule has 0 amide bonds. The predicted octanol–water partition coefficient (Wildman–Crippen LogP) is 8.54. The third-order valence-corrected chi connectivity index (χ3v) is 5.91. The molecule has 0 aliphatic rings. The van der Waals surface area contributed by atoms with Crippen molar-refractivity contribution in [1.29, 1.82) is 0 Å². The van der Waals surface area contributed by atoms with E-state index in [0.29, 0.717) is 0 Å². The Bertz CT molecular complexity index is 1300. The number of aliphatic hydroxyl groups is 2. The molecule has 0 saturated heterocycles. The summed E-state index contributed by atoms with van der Waals surface area (Å²) in [5.41, 5.74) is -2.47. The highest BCUT2D eigenvalue weighted by Crippen LogP contribution is 2.37. The summed E-state index contributed by atoms with van der Waals surface area (Å²) in [5.74, 6) is 0. The number of halogens is 9. The molecular formula is C28H21F9O2. The first-order valence-electron chi connectivity index (χ1n) is 11.2. The maximum Gasteiger partial charge on any atom is 0.416 e. The minimum absolute atomic E-state index is 0.0235. The number of benzene rings is 3. The molecule has 0 spiro atoms. The van der Waals surface area contributed by atoms with Crippen molar-refractivity contribution in [3.8, 4) is 0 Å². The molecule has 0 fully saturated rings. The highest BCUT2D eigenvalue weighted by molar-refractivity contribution is 5.60. The van der Waals surface area contributed by atoms with Crippen molar-refractivity contribution in [2.24, 2.45) is 0 Å². The average Bonchev–Trinajstić information content (AvgIpc) is 2.86. The number of alkyl halides is 9. The summed E-state index contributed by atoms with van der Waals surface area (Å²) < 4.78 is 116. The Labute approximate surface area is 217 Å². The van der Waals surface area contributed by atoms with E-state index in [4.69, 9.17) is 0 Å². The molecule has 2 N–H and O–H groups in total. The summed E-state index contributed by atoms with van der Waals surface area (Å²) in [5, 5.41) is 21.5. The molecule has 3 rings (SSSR count). The van der Waals surface area contributed by atoms with E-state index in [9.17, 15) is 49.7 Å². The molecule has 3 aromatic rings. The SMILES string of the molecule is C=C(/C(=C\c1ccc(C(F)(F)F)cc1)C[C@H](O)c1ccc(C(F)(F)F)cc1)[C@@H](O)c1ccc(C(F)(F)F)cc1. The van der Waals surface area contributed by atoms with E-state index in [1.165, 1.54) is 6.08 Å². The molecule has 2 nitrogen and oxygen atoms in total. The molecule has 0 heterocycles. The van der Waals surface area contributed by atoms with E-state index in [0.717, 1.165) is 72.8 Å². The third-order valence-electron chi connectivity index (χ3n) is 5.91. The zero-order valence-electron chi connectivity index (χ0n) is 19.9. The molecule has 0 saturated carbocycles. The molecule has 0 radical (unpaired) electrons. The van der Waals surface area contributed by atoms with Gasteiger partial charge in [0, 0.05) is 6.42 Å². The molecule has 0 aliphatic heterocycles. The molecule has 11 heteroatoms. The summed E-state index contributed by atoms with van der Waals surface area (Å²) in [7, 11) is 0. The van der Waals surface area contributed by atoms with Gasteiger partial charge in [0.05, 0.1) is 22.8 Å². The van der Waals surface area contributed by atoms with Crippen molar-refractivity contribution in [3.63, 3.8) is 0 Å². The van der Waals surface area contributed by atoms with Crippen molar-refractivity contribution in [1.82, 2.24) is 0 Å². The van der Waals surface area contributed by atoms with Crippen LogP contribution in [0.1, 0.15) is 52.0 Å². The Hall–Kier alpha value is -3.57. The monoisotopic (exact) mass is 560 g/mol. The van der Waals surface area contributed by atoms with E-state index in [1.54, 1.807) is 0 Å². The number of rotatable bonds is 7. The molecule has 0 aromatic heterocycles. The van der Waals surface area contributed by atoms with Gasteiger partial charge >= 0.3 is 18.5 Å². The van der Waals surface area contributed by atoms with Crippen molar-refractivity contribution in [2.45, 2.75) is 37.2 Å². The van der Waals surface area contributed by atoms with Crippen molar-refractivity contribution < 1.29 is 49.7 Å². The van der Waals surface area contributed by atoms with Crippen molar-refractivity contribution in [3.05, 3.63) is 124 Å². The van der Waals surface area contributed by atoms with Crippen molar-refractivity contribution >= 4 is 6.08 Å². The first-order valence-corrected chi connectivity index (χ1v) is 11.2. The van der Waals surface area contributed by atoms with Crippen molar-refractivity contribution in [2.75, 3.05) is 0 Å². The number of hydrogen-bond donors (Lipinski definition) is 2. The molecule has 0 unspecified atom stereocenters. The van der Waals surface area contributed by atoms with Gasteiger partial charge in [-0.1, -0.05) is 49.1 Å². The smallest absolute Gasteiger partial charge is 0.388 e. The van der Waals surface area contributed by atoms with Gasteiger partial charge in [-0.3, -0.25) is 0 Å². The van der Waals surface area contributed by atoms with E-state index in [2.05, 4.69) is 6.58 Å². The Morgan fingerprint density at radius 1 is 0.615 bits per heavy atom. The lowest BCUT2D eigenvalue weighted by molar-refractivity contribution is -0.138. The van der Waals surface area contributed by atoms with Crippen LogP contribution in [0.15, 0.2) is 90.5 Å². The average molecular weight is 560 g/mol. The van der Waals surface area contributed by atoms with Crippen LogP contribution in [0.5, 0.6) is 0 Å². The molecule has 0 bridgehead atoms. The molecular weight excluding hydrogens is 539 g/mol. The van der Waals surface area contributed by atoms with E-state index < -0.39 is 47.4 Å². The Morgan fingerprint density at radius 3 is 1.36 bits per heavy atom. The van der Waals surface area contributed by atoms with Gasteiger partial charge in [-0.2, -0.15) is 39.5 Å². The topological polar surface area (TPSA) is 40.5 Å². The van der Waals surface area contributed by atoms with Gasteiger partial charge in [0.15, 0.2) is 0 Å². The molecule has 3 aromatic carbocycles. The Morgan fingerprint density at radius 2 is 0.974 bits per heavy atom. The lowest BCUT2D eigenvalue weighted by Gasteiger charge is -2.21. The molecule has 39 heavy (non-hydrogen) atoms. The maximum atomic E-state index is 12.9. The van der Waals surface area contributed by atoms with Crippen LogP contribution in [0.2, 0.25) is 0 Å². The standard InChI is InChI=1S/C28H21F9O2/c1-16(25(39)19-6-12-23(13-7-19)28(35,36)37)20(14-17-2-8-21(9-3-17)26(29,30)31)15-24(38)18-4-10-22(11-5-18)27(32,33)34/h2-14,24-25,38-39H,1,15H2/b20-14-/t24-,25+/m0/s1. The number of aliphatic hydroxyl groups excluding tert-OH is 2. The van der Waals surface area contributed by atoms with Gasteiger partial charge in [-0.25, -0.2) is 0 Å². The second kappa shape index (κ2) is 11.3. The van der Waals surface area contributed by atoms with Crippen LogP contribution in [0.4, 0.5) is 39.5 Å². The minimum Gasteiger partial charge on any atom is -0.388 e. The maximum absolute atomic E-state index is 12.9. The largest absolute Gasteiger partial charge is 0.416 e. The van der Waals surface area contributed by atoms with Gasteiger partial charge in [-0.15, -0.1) is 0 Å². The van der Waals surface area contributed by atoms with Gasteiger partial charge < -0.3 is 10.2 Å². The molecule has 208 valence electrons. The second-order valence-corrected chi connectivity index (χ2v) is 8.68. The minimum atomic E-state index is -4.61. The lowest BCUT2D eigenvalue weighted by atomic mass is 9.89. The fourth-order valence-electron chi connectivity index (χ4n) is 3.70. The van der Waals surface area contributed by atoms with E-state index >= 15 is 0 Å². The first kappa shape index (κ1) is 30.0. The zero-order valence-corrected chi connectivity index (χ0v) is 19.9. The van der Waals surface area contributed by atoms with Gasteiger partial charge in [0.2, 0.25) is 0 Å². The van der Waals surface area contributed by atoms with Crippen LogP contribution < -0.4 is 0 Å². The molecule has 2 atom stereocenters. The zero-order chi connectivity index (χ0) is 29.2. The normalized spacial score (nSPS) is 14.7. The quantitative estimate of drug-likeness (QED) is 0.225. The highest BCUT2D eigenvalue weighted by atomic mass is 19.4. The van der Waals surface area contributed by atoms with Gasteiger partial charge in [-0.05, 0) is 64.2 Å². The van der Waals surface area contributed by atoms with Gasteiger partial charge in [0.1, 0.15) is 6.10 Å². The van der Waals surface area contributed by atoms with Crippen LogP contribution >= 0.6 is 0 Å². The van der Waals surface area contributed by atoms with Crippen LogP contribution in [0, 0.1) is 0 Å². The van der Waals surface area contributed by atoms with Crippen LogP contribution in [-0.4, -0.2) is 10.2 Å². The lowest BCUT2D eigenvalue weighted by Crippen LogP contribution is -2.09. The van der Waals surface area contributed by atoms with Crippen LogP contribution in [0.25, 0.3) is 6.08 Å². The fourth-order valence-corrected chi connectivity index (χ4v) is 3.70. The summed E-state index contributed by atoms with van der Waals surface area (Å²) >= 11 is 0. The van der Waals surface area contributed by atoms with E-state index in [-0.39, 0.29) is 34.3 Å². The summed E-state index contributed by atoms with van der Waals surface area (Å²) in [6.07, 6.45) is -15.8. The summed E-state index contributed by atoms with van der Waals surface area (Å²) in [6, 6.07) is 11.1. The third kappa shape index (κ3) is 7.73. The highest BCUT2D eigenvalue weighted by Gasteiger charge is 2.32. The number of hydrogen-bond acceptors (Lipinski definition) is 2. The summed E-state index contributed by atoms with van der Waals surface area (Å²) in [4.78, 5) is 0.